The molecule has 1 aromatic heterocycles. The van der Waals surface area contributed by atoms with Crippen molar-refractivity contribution in [2.24, 2.45) is 0 Å². The Kier molecular flexibility index (Phi) is 5.25. The van der Waals surface area contributed by atoms with Gasteiger partial charge in [0.1, 0.15) is 4.88 Å². The van der Waals surface area contributed by atoms with Gasteiger partial charge >= 0.3 is 5.97 Å². The number of aromatic nitrogens is 1. The standard InChI is InChI=1S/C10H13N3O4S/c1-2-3-11-7(14)5-12-8(15)6-4-13-9(18-6)10(16)17/h4H,2-3,5H2,1H3,(H,11,14)(H,12,15)(H,16,17). The Labute approximate surface area is 107 Å². The van der Waals surface area contributed by atoms with Crippen LogP contribution in [0.25, 0.3) is 0 Å². The number of nitrogens with zero attached hydrogens (tertiary/aromatic N) is 1. The summed E-state index contributed by atoms with van der Waals surface area (Å²) in [6, 6.07) is 0. The number of thiazole rings is 1. The lowest BCUT2D eigenvalue weighted by atomic mass is 10.4. The summed E-state index contributed by atoms with van der Waals surface area (Å²) < 4.78 is 0. The Hall–Kier alpha value is -1.96. The predicted octanol–water partition coefficient (Wildman–Crippen LogP) is 0.0973. The summed E-state index contributed by atoms with van der Waals surface area (Å²) in [5, 5.41) is 13.5. The van der Waals surface area contributed by atoms with Crippen LogP contribution in [0.4, 0.5) is 0 Å². The summed E-state index contributed by atoms with van der Waals surface area (Å²) in [6.45, 7) is 2.33. The van der Waals surface area contributed by atoms with Gasteiger partial charge in [0.05, 0.1) is 12.7 Å². The minimum atomic E-state index is -1.18. The number of hydrogen-bond acceptors (Lipinski definition) is 5. The Morgan fingerprint density at radius 1 is 1.39 bits per heavy atom. The third-order valence-corrected chi connectivity index (χ3v) is 2.88. The molecule has 2 amide bonds. The van der Waals surface area contributed by atoms with E-state index in [1.54, 1.807) is 0 Å². The maximum Gasteiger partial charge on any atom is 0.365 e. The number of carboxylic acid groups (broad SMARTS) is 1. The van der Waals surface area contributed by atoms with Crippen molar-refractivity contribution in [1.82, 2.24) is 15.6 Å². The van der Waals surface area contributed by atoms with Crippen LogP contribution in [0.1, 0.15) is 32.8 Å². The van der Waals surface area contributed by atoms with E-state index in [-0.39, 0.29) is 22.3 Å². The highest BCUT2D eigenvalue weighted by Gasteiger charge is 2.14. The number of amides is 2. The molecular formula is C10H13N3O4S. The quantitative estimate of drug-likeness (QED) is 0.680. The van der Waals surface area contributed by atoms with Gasteiger partial charge in [0.25, 0.3) is 5.91 Å². The smallest absolute Gasteiger partial charge is 0.365 e. The minimum absolute atomic E-state index is 0.140. The first kappa shape index (κ1) is 14.1. The zero-order valence-electron chi connectivity index (χ0n) is 9.73. The molecule has 0 aliphatic carbocycles. The molecule has 8 heteroatoms. The van der Waals surface area contributed by atoms with E-state index in [1.807, 2.05) is 6.92 Å². The monoisotopic (exact) mass is 271 g/mol. The molecule has 0 bridgehead atoms. The Morgan fingerprint density at radius 2 is 2.11 bits per heavy atom. The molecule has 0 saturated heterocycles. The van der Waals surface area contributed by atoms with Crippen LogP contribution in [0, 0.1) is 0 Å². The van der Waals surface area contributed by atoms with Crippen molar-refractivity contribution in [2.75, 3.05) is 13.1 Å². The molecule has 1 heterocycles. The van der Waals surface area contributed by atoms with E-state index in [0.29, 0.717) is 6.54 Å². The molecule has 18 heavy (non-hydrogen) atoms. The average molecular weight is 271 g/mol. The summed E-state index contributed by atoms with van der Waals surface area (Å²) in [4.78, 5) is 37.1. The Balaban J connectivity index is 2.45. The van der Waals surface area contributed by atoms with Gasteiger partial charge in [-0.25, -0.2) is 9.78 Å². The molecule has 98 valence electrons. The van der Waals surface area contributed by atoms with E-state index < -0.39 is 11.9 Å². The number of hydrogen-bond donors (Lipinski definition) is 3. The van der Waals surface area contributed by atoms with Crippen LogP contribution in [0.15, 0.2) is 6.20 Å². The Morgan fingerprint density at radius 3 is 2.67 bits per heavy atom. The third kappa shape index (κ3) is 4.13. The number of carbonyl (C=O) groups is 3. The molecule has 0 fully saturated rings. The number of carbonyl (C=O) groups excluding carboxylic acids is 2. The largest absolute Gasteiger partial charge is 0.476 e. The number of carboxylic acids is 1. The van der Waals surface area contributed by atoms with Crippen molar-refractivity contribution in [2.45, 2.75) is 13.3 Å². The first-order valence-corrected chi connectivity index (χ1v) is 6.10. The van der Waals surface area contributed by atoms with E-state index in [0.717, 1.165) is 17.8 Å². The SMILES string of the molecule is CCCNC(=O)CNC(=O)c1cnc(C(=O)O)s1. The van der Waals surface area contributed by atoms with Gasteiger partial charge in [0.2, 0.25) is 10.9 Å². The van der Waals surface area contributed by atoms with Crippen molar-refractivity contribution >= 4 is 29.1 Å². The van der Waals surface area contributed by atoms with Crippen LogP contribution in [-0.4, -0.2) is 41.0 Å². The normalized spacial score (nSPS) is 9.83. The Bertz CT molecular complexity index is 458. The van der Waals surface area contributed by atoms with Crippen molar-refractivity contribution in [3.05, 3.63) is 16.1 Å². The highest BCUT2D eigenvalue weighted by atomic mass is 32.1. The summed E-state index contributed by atoms with van der Waals surface area (Å²) in [5.74, 6) is -1.97. The maximum absolute atomic E-state index is 11.5. The van der Waals surface area contributed by atoms with Gasteiger partial charge in [0, 0.05) is 6.54 Å². The molecule has 3 N–H and O–H groups in total. The lowest BCUT2D eigenvalue weighted by Gasteiger charge is -2.04. The third-order valence-electron chi connectivity index (χ3n) is 1.89. The number of rotatable bonds is 6. The van der Waals surface area contributed by atoms with Gasteiger partial charge in [0.15, 0.2) is 0 Å². The lowest BCUT2D eigenvalue weighted by molar-refractivity contribution is -0.120. The predicted molar refractivity (Wildman–Crippen MR) is 64.7 cm³/mol. The molecule has 0 aliphatic rings. The molecule has 1 rings (SSSR count). The molecule has 0 unspecified atom stereocenters. The van der Waals surface area contributed by atoms with Gasteiger partial charge in [-0.05, 0) is 6.42 Å². The minimum Gasteiger partial charge on any atom is -0.476 e. The van der Waals surface area contributed by atoms with Crippen LogP contribution < -0.4 is 10.6 Å². The van der Waals surface area contributed by atoms with Gasteiger partial charge in [-0.15, -0.1) is 11.3 Å². The maximum atomic E-state index is 11.5. The topological polar surface area (TPSA) is 108 Å². The molecule has 0 spiro atoms. The van der Waals surface area contributed by atoms with Crippen molar-refractivity contribution < 1.29 is 19.5 Å². The second-order valence-electron chi connectivity index (χ2n) is 3.37. The van der Waals surface area contributed by atoms with E-state index in [1.165, 1.54) is 6.20 Å². The number of aromatic carboxylic acids is 1. The van der Waals surface area contributed by atoms with Crippen LogP contribution >= 0.6 is 11.3 Å². The highest BCUT2D eigenvalue weighted by Crippen LogP contribution is 2.12. The zero-order chi connectivity index (χ0) is 13.5. The molecule has 0 aliphatic heterocycles. The van der Waals surface area contributed by atoms with Gasteiger partial charge < -0.3 is 15.7 Å². The zero-order valence-corrected chi connectivity index (χ0v) is 10.5. The van der Waals surface area contributed by atoms with Crippen LogP contribution in [-0.2, 0) is 4.79 Å². The van der Waals surface area contributed by atoms with Crippen LogP contribution in [0.2, 0.25) is 0 Å². The number of nitrogens with one attached hydrogen (secondary N) is 2. The molecule has 1 aromatic rings. The average Bonchev–Trinajstić information content (AvgIpc) is 2.83. The molecular weight excluding hydrogens is 258 g/mol. The van der Waals surface area contributed by atoms with Gasteiger partial charge in [-0.1, -0.05) is 6.92 Å². The summed E-state index contributed by atoms with van der Waals surface area (Å²) >= 11 is 0.764. The van der Waals surface area contributed by atoms with E-state index in [9.17, 15) is 14.4 Å². The molecule has 0 aromatic carbocycles. The van der Waals surface area contributed by atoms with E-state index in [2.05, 4.69) is 15.6 Å². The highest BCUT2D eigenvalue weighted by molar-refractivity contribution is 7.15. The van der Waals surface area contributed by atoms with E-state index in [4.69, 9.17) is 5.11 Å². The fraction of sp³-hybridized carbons (Fsp3) is 0.400. The summed E-state index contributed by atoms with van der Waals surface area (Å²) in [5.41, 5.74) is 0. The summed E-state index contributed by atoms with van der Waals surface area (Å²) in [7, 11) is 0. The second kappa shape index (κ2) is 6.70. The van der Waals surface area contributed by atoms with E-state index >= 15 is 0 Å². The van der Waals surface area contributed by atoms with Gasteiger partial charge in [-0.3, -0.25) is 9.59 Å². The fourth-order valence-corrected chi connectivity index (χ4v) is 1.72. The molecule has 0 saturated carbocycles. The van der Waals surface area contributed by atoms with Crippen molar-refractivity contribution in [1.29, 1.82) is 0 Å². The fourth-order valence-electron chi connectivity index (χ4n) is 1.05. The first-order valence-electron chi connectivity index (χ1n) is 5.28. The first-order chi connectivity index (χ1) is 8.54. The second-order valence-corrected chi connectivity index (χ2v) is 4.40. The molecule has 7 nitrogen and oxygen atoms in total. The molecule has 0 atom stereocenters. The van der Waals surface area contributed by atoms with Crippen molar-refractivity contribution in [3.8, 4) is 0 Å². The van der Waals surface area contributed by atoms with Crippen molar-refractivity contribution in [3.63, 3.8) is 0 Å². The van der Waals surface area contributed by atoms with Crippen LogP contribution in [0.3, 0.4) is 0 Å². The lowest BCUT2D eigenvalue weighted by Crippen LogP contribution is -2.36. The van der Waals surface area contributed by atoms with Gasteiger partial charge in [-0.2, -0.15) is 0 Å². The molecule has 0 radical (unpaired) electrons. The summed E-state index contributed by atoms with van der Waals surface area (Å²) in [6.07, 6.45) is 1.99. The van der Waals surface area contributed by atoms with Crippen LogP contribution in [0.5, 0.6) is 0 Å².